The van der Waals surface area contributed by atoms with Gasteiger partial charge in [-0.1, -0.05) is 35.0 Å². The van der Waals surface area contributed by atoms with Gasteiger partial charge in [0.1, 0.15) is 18.5 Å². The summed E-state index contributed by atoms with van der Waals surface area (Å²) >= 11 is 0. The number of likely N-dealkylation sites (tertiary alicyclic amines) is 1. The van der Waals surface area contributed by atoms with Crippen LogP contribution in [0, 0.1) is 6.92 Å². The molecule has 0 bridgehead atoms. The van der Waals surface area contributed by atoms with E-state index in [4.69, 9.17) is 14.0 Å². The van der Waals surface area contributed by atoms with Crippen molar-refractivity contribution in [2.45, 2.75) is 26.1 Å². The molecule has 29 heavy (non-hydrogen) atoms. The molecule has 1 aliphatic rings. The van der Waals surface area contributed by atoms with Crippen molar-refractivity contribution in [2.24, 2.45) is 0 Å². The number of aryl methyl sites for hydroxylation is 1. The normalized spacial score (nSPS) is 13.9. The quantitative estimate of drug-likeness (QED) is 0.614. The average molecular weight is 393 g/mol. The Morgan fingerprint density at radius 2 is 2.00 bits per heavy atom. The molecule has 0 unspecified atom stereocenters. The third-order valence-corrected chi connectivity index (χ3v) is 4.79. The van der Waals surface area contributed by atoms with Gasteiger partial charge in [-0.15, -0.1) is 0 Å². The lowest BCUT2D eigenvalue weighted by atomic mass is 10.1. The van der Waals surface area contributed by atoms with E-state index in [0.29, 0.717) is 31.2 Å². The number of methoxy groups -OCH3 is 1. The Morgan fingerprint density at radius 3 is 2.72 bits per heavy atom. The van der Waals surface area contributed by atoms with Gasteiger partial charge in [0.2, 0.25) is 11.7 Å². The fraction of sp³-hybridized carbons (Fsp3) is 0.318. The number of aromatic nitrogens is 2. The van der Waals surface area contributed by atoms with Crippen LogP contribution in [0.15, 0.2) is 53.1 Å². The van der Waals surface area contributed by atoms with Crippen LogP contribution in [0.3, 0.4) is 0 Å². The van der Waals surface area contributed by atoms with Crippen LogP contribution in [0.5, 0.6) is 5.75 Å². The zero-order valence-electron chi connectivity index (χ0n) is 16.5. The average Bonchev–Trinajstić information content (AvgIpc) is 3.14. The van der Waals surface area contributed by atoms with E-state index < -0.39 is 0 Å². The van der Waals surface area contributed by atoms with Crippen LogP contribution in [0.25, 0.3) is 11.4 Å². The minimum atomic E-state index is 0.0146. The summed E-state index contributed by atoms with van der Waals surface area (Å²) in [5.41, 5.74) is 3.05. The Labute approximate surface area is 169 Å². The SMILES string of the molecule is COCc1nc(-c2ccc(OC3CN(C(=O)Cc4cccc(C)c4)C3)cc2)no1. The molecule has 0 N–H and O–H groups in total. The summed E-state index contributed by atoms with van der Waals surface area (Å²) in [6, 6.07) is 15.6. The van der Waals surface area contributed by atoms with Crippen molar-refractivity contribution in [1.29, 1.82) is 0 Å². The first-order valence-corrected chi connectivity index (χ1v) is 9.52. The number of nitrogens with zero attached hydrogens (tertiary/aromatic N) is 3. The van der Waals surface area contributed by atoms with Crippen LogP contribution >= 0.6 is 0 Å². The molecule has 4 rings (SSSR count). The topological polar surface area (TPSA) is 77.7 Å². The molecule has 2 aromatic carbocycles. The van der Waals surface area contributed by atoms with E-state index in [9.17, 15) is 4.79 Å². The predicted octanol–water partition coefficient (Wildman–Crippen LogP) is 3.02. The molecule has 0 atom stereocenters. The zero-order valence-corrected chi connectivity index (χ0v) is 16.5. The van der Waals surface area contributed by atoms with Crippen LogP contribution in [0.1, 0.15) is 17.0 Å². The van der Waals surface area contributed by atoms with Gasteiger partial charge in [0.25, 0.3) is 5.89 Å². The molecule has 7 heteroatoms. The summed E-state index contributed by atoms with van der Waals surface area (Å²) in [6.07, 6.45) is 0.444. The number of carbonyl (C=O) groups excluding carboxylic acids is 1. The van der Waals surface area contributed by atoms with Gasteiger partial charge in [-0.3, -0.25) is 4.79 Å². The maximum atomic E-state index is 12.4. The van der Waals surface area contributed by atoms with E-state index in [1.54, 1.807) is 7.11 Å². The summed E-state index contributed by atoms with van der Waals surface area (Å²) in [7, 11) is 1.58. The first-order valence-electron chi connectivity index (χ1n) is 9.52. The highest BCUT2D eigenvalue weighted by atomic mass is 16.5. The predicted molar refractivity (Wildman–Crippen MR) is 106 cm³/mol. The molecule has 0 radical (unpaired) electrons. The van der Waals surface area contributed by atoms with Crippen molar-refractivity contribution in [3.05, 3.63) is 65.5 Å². The van der Waals surface area contributed by atoms with Crippen molar-refractivity contribution >= 4 is 5.91 Å². The molecule has 7 nitrogen and oxygen atoms in total. The van der Waals surface area contributed by atoms with Crippen molar-refractivity contribution in [1.82, 2.24) is 15.0 Å². The van der Waals surface area contributed by atoms with E-state index in [1.807, 2.05) is 54.3 Å². The molecule has 2 heterocycles. The lowest BCUT2D eigenvalue weighted by Gasteiger charge is -2.39. The molecule has 0 aliphatic carbocycles. The molecule has 1 aliphatic heterocycles. The van der Waals surface area contributed by atoms with E-state index in [-0.39, 0.29) is 18.6 Å². The van der Waals surface area contributed by atoms with Crippen LogP contribution in [-0.4, -0.2) is 47.3 Å². The summed E-state index contributed by atoms with van der Waals surface area (Å²) in [5.74, 6) is 1.84. The molecular formula is C22H23N3O4. The number of amides is 1. The summed E-state index contributed by atoms with van der Waals surface area (Å²) in [4.78, 5) is 18.5. The lowest BCUT2D eigenvalue weighted by Crippen LogP contribution is -2.56. The van der Waals surface area contributed by atoms with Crippen molar-refractivity contribution in [2.75, 3.05) is 20.2 Å². The fourth-order valence-corrected chi connectivity index (χ4v) is 3.25. The van der Waals surface area contributed by atoms with E-state index in [0.717, 1.165) is 16.9 Å². The highest BCUT2D eigenvalue weighted by molar-refractivity contribution is 5.79. The van der Waals surface area contributed by atoms with Crippen LogP contribution in [-0.2, 0) is 22.6 Å². The second-order valence-electron chi connectivity index (χ2n) is 7.17. The third-order valence-electron chi connectivity index (χ3n) is 4.79. The summed E-state index contributed by atoms with van der Waals surface area (Å²) in [5, 5.41) is 3.94. The number of rotatable bonds is 7. The van der Waals surface area contributed by atoms with E-state index in [1.165, 1.54) is 5.56 Å². The maximum Gasteiger partial charge on any atom is 0.252 e. The van der Waals surface area contributed by atoms with Gasteiger partial charge < -0.3 is 18.9 Å². The molecule has 1 saturated heterocycles. The smallest absolute Gasteiger partial charge is 0.252 e. The van der Waals surface area contributed by atoms with Crippen molar-refractivity contribution in [3.8, 4) is 17.1 Å². The molecule has 1 amide bonds. The Hall–Kier alpha value is -3.19. The highest BCUT2D eigenvalue weighted by Crippen LogP contribution is 2.23. The largest absolute Gasteiger partial charge is 0.487 e. The third kappa shape index (κ3) is 4.63. The monoisotopic (exact) mass is 393 g/mol. The highest BCUT2D eigenvalue weighted by Gasteiger charge is 2.32. The minimum absolute atomic E-state index is 0.0146. The van der Waals surface area contributed by atoms with Crippen LogP contribution in [0.2, 0.25) is 0 Å². The number of carbonyl (C=O) groups is 1. The van der Waals surface area contributed by atoms with Gasteiger partial charge in [-0.05, 0) is 36.8 Å². The molecule has 1 fully saturated rings. The van der Waals surface area contributed by atoms with Gasteiger partial charge >= 0.3 is 0 Å². The van der Waals surface area contributed by atoms with Gasteiger partial charge in [0.05, 0.1) is 19.5 Å². The molecule has 0 saturated carbocycles. The number of ether oxygens (including phenoxy) is 2. The maximum absolute atomic E-state index is 12.4. The summed E-state index contributed by atoms with van der Waals surface area (Å²) < 4.78 is 16.0. The molecule has 0 spiro atoms. The zero-order chi connectivity index (χ0) is 20.2. The van der Waals surface area contributed by atoms with Gasteiger partial charge in [-0.2, -0.15) is 4.98 Å². The minimum Gasteiger partial charge on any atom is -0.487 e. The van der Waals surface area contributed by atoms with Gasteiger partial charge in [0, 0.05) is 12.7 Å². The molecule has 150 valence electrons. The van der Waals surface area contributed by atoms with Crippen molar-refractivity contribution in [3.63, 3.8) is 0 Å². The fourth-order valence-electron chi connectivity index (χ4n) is 3.25. The van der Waals surface area contributed by atoms with Crippen LogP contribution < -0.4 is 4.74 Å². The van der Waals surface area contributed by atoms with Gasteiger partial charge in [0.15, 0.2) is 0 Å². The molecule has 3 aromatic rings. The second-order valence-corrected chi connectivity index (χ2v) is 7.17. The van der Waals surface area contributed by atoms with E-state index in [2.05, 4.69) is 16.2 Å². The van der Waals surface area contributed by atoms with E-state index >= 15 is 0 Å². The number of hydrogen-bond donors (Lipinski definition) is 0. The number of benzene rings is 2. The molecule has 1 aromatic heterocycles. The second kappa shape index (κ2) is 8.45. The van der Waals surface area contributed by atoms with Crippen molar-refractivity contribution < 1.29 is 18.8 Å². The first-order chi connectivity index (χ1) is 14.1. The van der Waals surface area contributed by atoms with Gasteiger partial charge in [-0.25, -0.2) is 0 Å². The lowest BCUT2D eigenvalue weighted by molar-refractivity contribution is -0.139. The Kier molecular flexibility index (Phi) is 5.57. The van der Waals surface area contributed by atoms with Crippen LogP contribution in [0.4, 0.5) is 0 Å². The molecular weight excluding hydrogens is 370 g/mol. The summed E-state index contributed by atoms with van der Waals surface area (Å²) in [6.45, 7) is 3.54. The number of hydrogen-bond acceptors (Lipinski definition) is 6. The Bertz CT molecular complexity index is 978. The Balaban J connectivity index is 1.27. The standard InChI is InChI=1S/C22H23N3O4/c1-15-4-3-5-16(10-15)11-21(26)25-12-19(13-25)28-18-8-6-17(7-9-18)22-23-20(14-27-2)29-24-22/h3-10,19H,11-14H2,1-2H3. The Morgan fingerprint density at radius 1 is 1.21 bits per heavy atom. The first kappa shape index (κ1) is 19.1.